The van der Waals surface area contributed by atoms with Crippen molar-refractivity contribution < 1.29 is 14.6 Å². The Labute approximate surface area is 344 Å². The molecule has 3 heterocycles. The fraction of sp³-hybridized carbons (Fsp3) is 0.304. The number of benzene rings is 4. The largest absolute Gasteiger partial charge is 0.493 e. The van der Waals surface area contributed by atoms with Gasteiger partial charge in [-0.05, 0) is 86.6 Å². The lowest BCUT2D eigenvalue weighted by Gasteiger charge is -2.19. The average Bonchev–Trinajstić information content (AvgIpc) is 3.56. The molecule has 13 nitrogen and oxygen atoms in total. The maximum Gasteiger partial charge on any atom is 0.407 e. The van der Waals surface area contributed by atoms with Gasteiger partial charge in [-0.25, -0.2) is 24.7 Å². The van der Waals surface area contributed by atoms with Gasteiger partial charge in [-0.3, -0.25) is 9.39 Å². The van der Waals surface area contributed by atoms with Crippen LogP contribution in [0.5, 0.6) is 5.88 Å². The molecule has 1 atom stereocenters. The molecule has 0 radical (unpaired) electrons. The molecule has 1 unspecified atom stereocenters. The lowest BCUT2D eigenvalue weighted by atomic mass is 10.1. The van der Waals surface area contributed by atoms with Gasteiger partial charge >= 0.3 is 6.09 Å². The fourth-order valence-electron chi connectivity index (χ4n) is 6.62. The van der Waals surface area contributed by atoms with Gasteiger partial charge in [-0.2, -0.15) is 0 Å². The molecular weight excluding hydrogens is 741 g/mol. The van der Waals surface area contributed by atoms with Gasteiger partial charge in [0.1, 0.15) is 17.1 Å². The SMILES string of the molecule is CC(C)(C)OC(=O)NCCCc1nc(-c2ccc3ccccc3c2)cnc1N.CCC(C)c1nc2c(CCCN=C(N)N)nc(-c3ccc4ccccc4c3)cn2c1O. The molecule has 0 bridgehead atoms. The molecule has 7 aromatic rings. The van der Waals surface area contributed by atoms with Crippen LogP contribution in [0, 0.1) is 0 Å². The van der Waals surface area contributed by atoms with E-state index in [2.05, 4.69) is 83.7 Å². The summed E-state index contributed by atoms with van der Waals surface area (Å²) in [4.78, 5) is 34.4. The number of ether oxygens (including phenoxy) is 1. The Balaban J connectivity index is 0.000000199. The molecule has 4 aromatic carbocycles. The number of guanidine groups is 1. The van der Waals surface area contributed by atoms with E-state index in [1.165, 1.54) is 10.8 Å². The van der Waals surface area contributed by atoms with Gasteiger partial charge in [0.15, 0.2) is 11.6 Å². The molecular formula is C46H54N10O3. The van der Waals surface area contributed by atoms with Crippen LogP contribution in [0.15, 0.2) is 102 Å². The van der Waals surface area contributed by atoms with E-state index in [-0.39, 0.29) is 17.8 Å². The maximum atomic E-state index is 11.7. The van der Waals surface area contributed by atoms with E-state index < -0.39 is 11.7 Å². The van der Waals surface area contributed by atoms with Crippen molar-refractivity contribution in [3.05, 3.63) is 114 Å². The van der Waals surface area contributed by atoms with E-state index in [4.69, 9.17) is 36.9 Å². The number of aromatic hydroxyl groups is 1. The minimum Gasteiger partial charge on any atom is -0.493 e. The summed E-state index contributed by atoms with van der Waals surface area (Å²) >= 11 is 0. The Bertz CT molecular complexity index is 2590. The highest BCUT2D eigenvalue weighted by molar-refractivity contribution is 5.87. The topological polar surface area (TPSA) is 205 Å². The van der Waals surface area contributed by atoms with Gasteiger partial charge in [0, 0.05) is 36.3 Å². The zero-order valence-corrected chi connectivity index (χ0v) is 34.4. The summed E-state index contributed by atoms with van der Waals surface area (Å²) in [6, 6.07) is 28.9. The molecule has 0 saturated heterocycles. The molecule has 1 amide bonds. The second-order valence-electron chi connectivity index (χ2n) is 15.5. The summed E-state index contributed by atoms with van der Waals surface area (Å²) in [5.41, 5.74) is 22.9. The van der Waals surface area contributed by atoms with Crippen molar-refractivity contribution in [1.29, 1.82) is 0 Å². The number of carbonyl (C=O) groups is 1. The summed E-state index contributed by atoms with van der Waals surface area (Å²) < 4.78 is 6.98. The van der Waals surface area contributed by atoms with Gasteiger partial charge in [-0.1, -0.05) is 86.6 Å². The first-order valence-corrected chi connectivity index (χ1v) is 20.0. The van der Waals surface area contributed by atoms with Crippen LogP contribution in [-0.4, -0.2) is 60.2 Å². The third-order valence-corrected chi connectivity index (χ3v) is 9.85. The Morgan fingerprint density at radius 2 is 1.44 bits per heavy atom. The van der Waals surface area contributed by atoms with Crippen LogP contribution in [0.1, 0.15) is 76.9 Å². The zero-order valence-electron chi connectivity index (χ0n) is 34.4. The number of carbonyl (C=O) groups excluding carboxylic acids is 1. The minimum absolute atomic E-state index is 0.0838. The van der Waals surface area contributed by atoms with Crippen LogP contribution in [0.4, 0.5) is 10.6 Å². The number of anilines is 1. The van der Waals surface area contributed by atoms with E-state index in [1.54, 1.807) is 10.6 Å². The monoisotopic (exact) mass is 794 g/mol. The molecule has 306 valence electrons. The van der Waals surface area contributed by atoms with Gasteiger partial charge < -0.3 is 32.4 Å². The van der Waals surface area contributed by atoms with Gasteiger partial charge in [0.25, 0.3) is 0 Å². The van der Waals surface area contributed by atoms with Crippen LogP contribution in [0.2, 0.25) is 0 Å². The smallest absolute Gasteiger partial charge is 0.407 e. The summed E-state index contributed by atoms with van der Waals surface area (Å²) in [7, 11) is 0. The summed E-state index contributed by atoms with van der Waals surface area (Å²) in [6.45, 7) is 10.7. The molecule has 3 aromatic heterocycles. The van der Waals surface area contributed by atoms with Crippen molar-refractivity contribution in [2.24, 2.45) is 16.5 Å². The molecule has 7 rings (SSSR count). The van der Waals surface area contributed by atoms with Crippen molar-refractivity contribution in [2.75, 3.05) is 18.8 Å². The third-order valence-electron chi connectivity index (χ3n) is 9.85. The number of nitrogen functional groups attached to an aromatic ring is 1. The molecule has 0 aliphatic heterocycles. The quantitative estimate of drug-likeness (QED) is 0.0454. The van der Waals surface area contributed by atoms with Crippen molar-refractivity contribution in [1.82, 2.24) is 29.7 Å². The molecule has 0 saturated carbocycles. The van der Waals surface area contributed by atoms with Gasteiger partial charge in [0.2, 0.25) is 5.88 Å². The number of nitrogens with two attached hydrogens (primary N) is 3. The molecule has 8 N–H and O–H groups in total. The lowest BCUT2D eigenvalue weighted by Crippen LogP contribution is -2.33. The summed E-state index contributed by atoms with van der Waals surface area (Å²) in [6.07, 6.45) is 6.73. The van der Waals surface area contributed by atoms with E-state index in [9.17, 15) is 9.90 Å². The van der Waals surface area contributed by atoms with Gasteiger partial charge in [0.05, 0.1) is 29.0 Å². The first-order chi connectivity index (χ1) is 28.3. The van der Waals surface area contributed by atoms with E-state index in [0.717, 1.165) is 57.5 Å². The predicted molar refractivity (Wildman–Crippen MR) is 237 cm³/mol. The molecule has 0 spiro atoms. The molecule has 0 fully saturated rings. The lowest BCUT2D eigenvalue weighted by molar-refractivity contribution is 0.0527. The van der Waals surface area contributed by atoms with Crippen LogP contribution < -0.4 is 22.5 Å². The van der Waals surface area contributed by atoms with Gasteiger partial charge in [-0.15, -0.1) is 0 Å². The second-order valence-corrected chi connectivity index (χ2v) is 15.5. The number of hydrogen-bond acceptors (Lipinski definition) is 9. The normalized spacial score (nSPS) is 11.9. The highest BCUT2D eigenvalue weighted by Gasteiger charge is 2.21. The number of aliphatic imine (C=N–C) groups is 1. The number of aryl methyl sites for hydroxylation is 2. The van der Waals surface area contributed by atoms with E-state index in [1.807, 2.05) is 57.3 Å². The second kappa shape index (κ2) is 18.7. The summed E-state index contributed by atoms with van der Waals surface area (Å²) in [5.74, 6) is 0.833. The first kappa shape index (κ1) is 41.9. The van der Waals surface area contributed by atoms with Crippen LogP contribution in [-0.2, 0) is 17.6 Å². The van der Waals surface area contributed by atoms with Crippen molar-refractivity contribution in [2.45, 2.75) is 78.2 Å². The Morgan fingerprint density at radius 1 is 0.847 bits per heavy atom. The standard InChI is InChI=1S/C24H28N6O.C22H26N4O2/c1-3-15(2)21-23(31)30-14-20(18-11-10-16-7-4-5-8-17(16)13-18)28-19(22(30)29-21)9-6-12-27-24(25)26;1-22(2,3)28-21(27)24-12-6-9-18-20(23)25-14-19(26-18)17-11-10-15-7-4-5-8-16(15)13-17/h4-5,7-8,10-11,13-15,31H,3,6,9,12H2,1-2H3,(H4,25,26,27);4-5,7-8,10-11,13-14H,6,9,12H2,1-3H3,(H2,23,25)(H,24,27). The number of nitrogens with zero attached hydrogens (tertiary/aromatic N) is 6. The number of hydrogen-bond donors (Lipinski definition) is 5. The number of alkyl carbamates (subject to hydrolysis) is 1. The average molecular weight is 795 g/mol. The van der Waals surface area contributed by atoms with E-state index in [0.29, 0.717) is 49.5 Å². The fourth-order valence-corrected chi connectivity index (χ4v) is 6.62. The van der Waals surface area contributed by atoms with Crippen molar-refractivity contribution in [3.63, 3.8) is 0 Å². The Morgan fingerprint density at radius 3 is 2.05 bits per heavy atom. The van der Waals surface area contributed by atoms with Crippen molar-refractivity contribution >= 4 is 45.1 Å². The highest BCUT2D eigenvalue weighted by atomic mass is 16.6. The van der Waals surface area contributed by atoms with Crippen LogP contribution in [0.25, 0.3) is 49.7 Å². The number of amides is 1. The molecule has 0 aliphatic rings. The minimum atomic E-state index is -0.506. The third kappa shape index (κ3) is 10.8. The highest BCUT2D eigenvalue weighted by Crippen LogP contribution is 2.32. The Kier molecular flexibility index (Phi) is 13.2. The maximum absolute atomic E-state index is 11.7. The first-order valence-electron chi connectivity index (χ1n) is 20.0. The Hall–Kier alpha value is -6.76. The number of imidazole rings is 1. The summed E-state index contributed by atoms with van der Waals surface area (Å²) in [5, 5.41) is 18.3. The number of aromatic nitrogens is 5. The van der Waals surface area contributed by atoms with Crippen molar-refractivity contribution in [3.8, 4) is 28.4 Å². The number of rotatable bonds is 12. The zero-order chi connectivity index (χ0) is 42.1. The predicted octanol–water partition coefficient (Wildman–Crippen LogP) is 8.31. The number of nitrogens with one attached hydrogen (secondary N) is 1. The molecule has 0 aliphatic carbocycles. The van der Waals surface area contributed by atoms with Crippen LogP contribution >= 0.6 is 0 Å². The molecule has 13 heteroatoms. The molecule has 59 heavy (non-hydrogen) atoms. The van der Waals surface area contributed by atoms with E-state index >= 15 is 0 Å². The number of fused-ring (bicyclic) bond motifs is 3. The van der Waals surface area contributed by atoms with Crippen LogP contribution in [0.3, 0.4) is 0 Å².